The summed E-state index contributed by atoms with van der Waals surface area (Å²) in [6, 6.07) is 7.67. The number of rotatable bonds is 5. The summed E-state index contributed by atoms with van der Waals surface area (Å²) in [5, 5.41) is 3.18. The number of anilines is 1. The molecule has 37 heavy (non-hydrogen) atoms. The largest absolute Gasteiger partial charge is 0.416 e. The van der Waals surface area contributed by atoms with Gasteiger partial charge >= 0.3 is 6.18 Å². The van der Waals surface area contributed by atoms with Crippen molar-refractivity contribution in [2.24, 2.45) is 0 Å². The third kappa shape index (κ3) is 5.30. The van der Waals surface area contributed by atoms with Crippen LogP contribution >= 0.6 is 0 Å². The first-order valence-electron chi connectivity index (χ1n) is 11.9. The van der Waals surface area contributed by atoms with Gasteiger partial charge in [-0.25, -0.2) is 4.98 Å². The van der Waals surface area contributed by atoms with Crippen molar-refractivity contribution >= 4 is 28.4 Å². The molecule has 1 aliphatic heterocycles. The Labute approximate surface area is 211 Å². The molecule has 1 aliphatic rings. The van der Waals surface area contributed by atoms with Gasteiger partial charge in [0.2, 0.25) is 5.91 Å². The third-order valence-corrected chi connectivity index (χ3v) is 6.71. The van der Waals surface area contributed by atoms with Gasteiger partial charge in [-0.05, 0) is 62.2 Å². The molecular weight excluding hydrogens is 487 g/mol. The summed E-state index contributed by atoms with van der Waals surface area (Å²) in [7, 11) is 1.70. The predicted molar refractivity (Wildman–Crippen MR) is 133 cm³/mol. The van der Waals surface area contributed by atoms with Crippen LogP contribution in [0.25, 0.3) is 10.9 Å². The van der Waals surface area contributed by atoms with Gasteiger partial charge in [0.25, 0.3) is 11.5 Å². The number of fused-ring (bicyclic) bond motifs is 1. The Morgan fingerprint density at radius 3 is 2.49 bits per heavy atom. The second-order valence-electron chi connectivity index (χ2n) is 9.33. The monoisotopic (exact) mass is 515 g/mol. The maximum Gasteiger partial charge on any atom is 0.416 e. The maximum atomic E-state index is 14.0. The highest BCUT2D eigenvalue weighted by molar-refractivity contribution is 5.97. The molecule has 1 fully saturated rings. The lowest BCUT2D eigenvalue weighted by Gasteiger charge is -2.37. The molecule has 0 radical (unpaired) electrons. The van der Waals surface area contributed by atoms with Gasteiger partial charge in [0.15, 0.2) is 0 Å². The SMILES string of the molecule is CCC(Nc1ccc(C(=O)N2CC(=O)N(C)C(C)C2)cc1)c1cc2c(=O)[nH]c(C)nc2cc1C(F)(F)F. The van der Waals surface area contributed by atoms with E-state index in [1.807, 2.05) is 6.92 Å². The van der Waals surface area contributed by atoms with Crippen LogP contribution in [0.2, 0.25) is 0 Å². The Hall–Kier alpha value is -3.89. The van der Waals surface area contributed by atoms with Crippen molar-refractivity contribution in [2.45, 2.75) is 45.5 Å². The molecule has 1 saturated heterocycles. The molecule has 2 N–H and O–H groups in total. The van der Waals surface area contributed by atoms with E-state index in [9.17, 15) is 27.6 Å². The highest BCUT2D eigenvalue weighted by Crippen LogP contribution is 2.38. The van der Waals surface area contributed by atoms with Gasteiger partial charge in [0.05, 0.1) is 22.5 Å². The highest BCUT2D eigenvalue weighted by atomic mass is 19.4. The van der Waals surface area contributed by atoms with Gasteiger partial charge in [0, 0.05) is 30.9 Å². The van der Waals surface area contributed by atoms with E-state index >= 15 is 0 Å². The average Bonchev–Trinajstić information content (AvgIpc) is 2.84. The molecule has 2 atom stereocenters. The first-order valence-corrected chi connectivity index (χ1v) is 11.9. The minimum Gasteiger partial charge on any atom is -0.378 e. The summed E-state index contributed by atoms with van der Waals surface area (Å²) >= 11 is 0. The summed E-state index contributed by atoms with van der Waals surface area (Å²) in [5.74, 6) is -0.201. The van der Waals surface area contributed by atoms with Crippen molar-refractivity contribution < 1.29 is 22.8 Å². The zero-order valence-corrected chi connectivity index (χ0v) is 20.9. The number of amides is 2. The number of carbonyl (C=O) groups excluding carboxylic acids is 2. The number of halogens is 3. The molecule has 8 nitrogen and oxygen atoms in total. The van der Waals surface area contributed by atoms with Gasteiger partial charge < -0.3 is 20.1 Å². The summed E-state index contributed by atoms with van der Waals surface area (Å²) in [6.07, 6.45) is -4.35. The van der Waals surface area contributed by atoms with Crippen LogP contribution in [-0.4, -0.2) is 57.8 Å². The molecule has 2 amide bonds. The van der Waals surface area contributed by atoms with E-state index in [0.717, 1.165) is 6.07 Å². The Balaban J connectivity index is 1.61. The minimum atomic E-state index is -4.65. The molecule has 4 rings (SSSR count). The Morgan fingerprint density at radius 2 is 1.89 bits per heavy atom. The molecule has 0 spiro atoms. The van der Waals surface area contributed by atoms with Gasteiger partial charge in [-0.2, -0.15) is 13.2 Å². The van der Waals surface area contributed by atoms with Crippen molar-refractivity contribution in [1.82, 2.24) is 19.8 Å². The zero-order valence-electron chi connectivity index (χ0n) is 20.9. The van der Waals surface area contributed by atoms with Gasteiger partial charge in [0.1, 0.15) is 12.4 Å². The van der Waals surface area contributed by atoms with E-state index in [0.29, 0.717) is 24.2 Å². The number of aromatic amines is 1. The maximum absolute atomic E-state index is 14.0. The lowest BCUT2D eigenvalue weighted by Crippen LogP contribution is -2.55. The van der Waals surface area contributed by atoms with Crippen LogP contribution in [0.15, 0.2) is 41.2 Å². The Kier molecular flexibility index (Phi) is 6.98. The molecule has 1 aromatic heterocycles. The number of aromatic nitrogens is 2. The number of carbonyl (C=O) groups is 2. The summed E-state index contributed by atoms with van der Waals surface area (Å²) in [4.78, 5) is 47.1. The molecule has 0 aliphatic carbocycles. The van der Waals surface area contributed by atoms with E-state index in [-0.39, 0.29) is 46.7 Å². The molecule has 2 aromatic carbocycles. The first-order chi connectivity index (χ1) is 17.4. The topological polar surface area (TPSA) is 98.4 Å². The number of hydrogen-bond acceptors (Lipinski definition) is 5. The van der Waals surface area contributed by atoms with E-state index in [2.05, 4.69) is 15.3 Å². The van der Waals surface area contributed by atoms with E-state index in [1.165, 1.54) is 17.9 Å². The Morgan fingerprint density at radius 1 is 1.22 bits per heavy atom. The van der Waals surface area contributed by atoms with Crippen LogP contribution in [-0.2, 0) is 11.0 Å². The fourth-order valence-corrected chi connectivity index (χ4v) is 4.53. The quantitative estimate of drug-likeness (QED) is 0.533. The normalized spacial score (nSPS) is 17.3. The predicted octanol–water partition coefficient (Wildman–Crippen LogP) is 4.12. The number of nitrogens with one attached hydrogen (secondary N) is 2. The molecule has 3 aromatic rings. The highest BCUT2D eigenvalue weighted by Gasteiger charge is 2.36. The molecule has 0 saturated carbocycles. The van der Waals surface area contributed by atoms with Crippen molar-refractivity contribution in [2.75, 3.05) is 25.5 Å². The van der Waals surface area contributed by atoms with Gasteiger partial charge in [-0.1, -0.05) is 6.92 Å². The molecule has 11 heteroatoms. The number of H-pyrrole nitrogens is 1. The fourth-order valence-electron chi connectivity index (χ4n) is 4.53. The van der Waals surface area contributed by atoms with E-state index in [1.54, 1.807) is 43.1 Å². The van der Waals surface area contributed by atoms with Crippen molar-refractivity contribution in [1.29, 1.82) is 0 Å². The fraction of sp³-hybridized carbons (Fsp3) is 0.385. The smallest absolute Gasteiger partial charge is 0.378 e. The first kappa shape index (κ1) is 26.2. The molecule has 2 unspecified atom stereocenters. The van der Waals surface area contributed by atoms with Crippen LogP contribution in [0.5, 0.6) is 0 Å². The number of likely N-dealkylation sites (N-methyl/N-ethyl adjacent to an activating group) is 1. The number of nitrogens with zero attached hydrogens (tertiary/aromatic N) is 3. The van der Waals surface area contributed by atoms with Gasteiger partial charge in [-0.15, -0.1) is 0 Å². The van der Waals surface area contributed by atoms with Crippen LogP contribution in [0.1, 0.15) is 53.6 Å². The molecule has 0 bridgehead atoms. The second-order valence-corrected chi connectivity index (χ2v) is 9.33. The van der Waals surface area contributed by atoms with Crippen LogP contribution in [0.4, 0.5) is 18.9 Å². The van der Waals surface area contributed by atoms with Crippen molar-refractivity contribution in [3.63, 3.8) is 0 Å². The summed E-state index contributed by atoms with van der Waals surface area (Å²) in [6.45, 7) is 5.52. The number of aryl methyl sites for hydroxylation is 1. The molecule has 2 heterocycles. The van der Waals surface area contributed by atoms with E-state index in [4.69, 9.17) is 0 Å². The summed E-state index contributed by atoms with van der Waals surface area (Å²) in [5.41, 5.74) is -0.576. The lowest BCUT2D eigenvalue weighted by molar-refractivity contribution is -0.138. The van der Waals surface area contributed by atoms with Crippen molar-refractivity contribution in [3.8, 4) is 0 Å². The standard InChI is InChI=1S/C26H28F3N5O3/c1-5-21(18-10-19-22(11-20(18)26(27,28)29)30-15(3)31-24(19)36)32-17-8-6-16(7-9-17)25(37)34-12-14(2)33(4)23(35)13-34/h6-11,14,21,32H,5,12-13H2,1-4H3,(H,30,31,36). The van der Waals surface area contributed by atoms with E-state index < -0.39 is 23.3 Å². The lowest BCUT2D eigenvalue weighted by atomic mass is 9.95. The average molecular weight is 516 g/mol. The third-order valence-electron chi connectivity index (χ3n) is 6.71. The second kappa shape index (κ2) is 9.87. The van der Waals surface area contributed by atoms with Crippen LogP contribution in [0.3, 0.4) is 0 Å². The summed E-state index contributed by atoms with van der Waals surface area (Å²) < 4.78 is 42.0. The number of alkyl halides is 3. The number of piperazine rings is 1. The number of benzene rings is 2. The van der Waals surface area contributed by atoms with Crippen LogP contribution in [0, 0.1) is 6.92 Å². The Bertz CT molecular complexity index is 1400. The molecule has 196 valence electrons. The van der Waals surface area contributed by atoms with Crippen molar-refractivity contribution in [3.05, 3.63) is 69.3 Å². The molecular formula is C26H28F3N5O3. The van der Waals surface area contributed by atoms with Gasteiger partial charge in [-0.3, -0.25) is 14.4 Å². The zero-order chi connectivity index (χ0) is 27.1. The minimum absolute atomic E-state index is 0.00667. The number of hydrogen-bond donors (Lipinski definition) is 2. The van der Waals surface area contributed by atoms with Crippen LogP contribution < -0.4 is 10.9 Å².